The Labute approximate surface area is 537 Å². The van der Waals surface area contributed by atoms with Gasteiger partial charge in [0, 0.05) is 25.7 Å². The highest BCUT2D eigenvalue weighted by Gasteiger charge is 2.30. The van der Waals surface area contributed by atoms with E-state index in [1.54, 1.807) is 0 Å². The molecule has 0 saturated heterocycles. The monoisotopic (exact) mass is 1300 g/mol. The predicted molar refractivity (Wildman–Crippen MR) is 354 cm³/mol. The van der Waals surface area contributed by atoms with E-state index in [4.69, 9.17) is 37.0 Å². The molecule has 522 valence electrons. The van der Waals surface area contributed by atoms with E-state index >= 15 is 0 Å². The summed E-state index contributed by atoms with van der Waals surface area (Å²) in [7, 11) is -9.89. The van der Waals surface area contributed by atoms with Gasteiger partial charge in [-0.15, -0.1) is 0 Å². The lowest BCUT2D eigenvalue weighted by molar-refractivity contribution is -0.161. The van der Waals surface area contributed by atoms with Crippen LogP contribution in [0.4, 0.5) is 0 Å². The van der Waals surface area contributed by atoms with Crippen molar-refractivity contribution in [3.63, 3.8) is 0 Å². The molecule has 19 heteroatoms. The van der Waals surface area contributed by atoms with Crippen LogP contribution < -0.4 is 0 Å². The summed E-state index contributed by atoms with van der Waals surface area (Å²) in [5.74, 6) is -0.590. The number of carbonyl (C=O) groups excluding carboxylic acids is 4. The minimum atomic E-state index is -4.95. The third-order valence-corrected chi connectivity index (χ3v) is 17.9. The zero-order valence-electron chi connectivity index (χ0n) is 57.0. The maximum Gasteiger partial charge on any atom is 0.472 e. The van der Waals surface area contributed by atoms with Crippen molar-refractivity contribution < 1.29 is 80.2 Å². The van der Waals surface area contributed by atoms with Crippen molar-refractivity contribution in [3.8, 4) is 0 Å². The summed E-state index contributed by atoms with van der Waals surface area (Å²) < 4.78 is 68.2. The predicted octanol–water partition coefficient (Wildman–Crippen LogP) is 19.6. The van der Waals surface area contributed by atoms with Gasteiger partial charge < -0.3 is 33.8 Å². The first kappa shape index (κ1) is 86.1. The number of ether oxygens (including phenoxy) is 4. The minimum absolute atomic E-state index is 0.106. The van der Waals surface area contributed by atoms with Crippen LogP contribution in [0.2, 0.25) is 0 Å². The Morgan fingerprint density at radius 3 is 0.773 bits per heavy atom. The van der Waals surface area contributed by atoms with Crippen molar-refractivity contribution in [2.45, 2.75) is 368 Å². The van der Waals surface area contributed by atoms with Crippen LogP contribution >= 0.6 is 15.6 Å². The fourth-order valence-corrected chi connectivity index (χ4v) is 12.0. The Morgan fingerprint density at radius 1 is 0.307 bits per heavy atom. The number of carbonyl (C=O) groups is 4. The van der Waals surface area contributed by atoms with E-state index in [9.17, 15) is 43.2 Å². The third-order valence-electron chi connectivity index (χ3n) is 16.0. The topological polar surface area (TPSA) is 237 Å². The number of hydrogen-bond acceptors (Lipinski definition) is 15. The van der Waals surface area contributed by atoms with Crippen molar-refractivity contribution in [2.24, 2.45) is 11.8 Å². The Morgan fingerprint density at radius 2 is 0.523 bits per heavy atom. The molecule has 17 nitrogen and oxygen atoms in total. The smallest absolute Gasteiger partial charge is 0.462 e. The molecular weight excluding hydrogens is 1160 g/mol. The van der Waals surface area contributed by atoms with E-state index in [0.29, 0.717) is 25.7 Å². The number of aliphatic hydroxyl groups is 1. The van der Waals surface area contributed by atoms with Gasteiger partial charge in [0.05, 0.1) is 26.4 Å². The number of phosphoric acid groups is 2. The van der Waals surface area contributed by atoms with E-state index in [1.165, 1.54) is 161 Å². The molecule has 0 aliphatic heterocycles. The maximum atomic E-state index is 13.0. The second-order valence-electron chi connectivity index (χ2n) is 25.9. The van der Waals surface area contributed by atoms with Crippen LogP contribution in [0.1, 0.15) is 350 Å². The molecule has 3 N–H and O–H groups in total. The number of hydrogen-bond donors (Lipinski definition) is 3. The van der Waals surface area contributed by atoms with Gasteiger partial charge in [-0.2, -0.15) is 0 Å². The number of esters is 4. The Kier molecular flexibility index (Phi) is 59.9. The summed E-state index contributed by atoms with van der Waals surface area (Å²) in [6.07, 6.45) is 45.7. The SMILES string of the molecule is CCCCCCCCCCCCCCC(=O)O[C@H](COC(=O)CCCCCCCCCC)COP(=O)(O)OC[C@H](O)COP(=O)(O)OC[C@@H](COC(=O)CCCCCCCCCCCCCC(C)C)OC(=O)CCCCCCCCCCCCCC(C)C. The van der Waals surface area contributed by atoms with Crippen LogP contribution in [0.15, 0.2) is 0 Å². The summed E-state index contributed by atoms with van der Waals surface area (Å²) in [5, 5.41) is 10.6. The first-order chi connectivity index (χ1) is 42.4. The minimum Gasteiger partial charge on any atom is -0.462 e. The first-order valence-corrected chi connectivity index (χ1v) is 39.0. The quantitative estimate of drug-likeness (QED) is 0.0222. The van der Waals surface area contributed by atoms with Crippen LogP contribution in [0.25, 0.3) is 0 Å². The van der Waals surface area contributed by atoms with E-state index in [-0.39, 0.29) is 25.7 Å². The Bertz CT molecular complexity index is 1720. The highest BCUT2D eigenvalue weighted by molar-refractivity contribution is 7.47. The number of phosphoric ester groups is 2. The van der Waals surface area contributed by atoms with Gasteiger partial charge in [-0.1, -0.05) is 298 Å². The lowest BCUT2D eigenvalue weighted by atomic mass is 10.0. The van der Waals surface area contributed by atoms with E-state index in [0.717, 1.165) is 108 Å². The second kappa shape index (κ2) is 61.3. The molecule has 0 rings (SSSR count). The summed E-state index contributed by atoms with van der Waals surface area (Å²) >= 11 is 0. The maximum absolute atomic E-state index is 13.0. The van der Waals surface area contributed by atoms with Crippen molar-refractivity contribution >= 4 is 39.5 Å². The molecule has 0 aliphatic carbocycles. The molecule has 0 aromatic carbocycles. The molecule has 0 aromatic heterocycles. The fraction of sp³-hybridized carbons (Fsp3) is 0.942. The summed E-state index contributed by atoms with van der Waals surface area (Å²) in [6.45, 7) is 9.52. The molecule has 0 amide bonds. The normalized spacial score (nSPS) is 14.2. The number of rotatable bonds is 68. The first-order valence-electron chi connectivity index (χ1n) is 36.0. The second-order valence-corrected chi connectivity index (χ2v) is 28.8. The van der Waals surface area contributed by atoms with Crippen LogP contribution in [-0.4, -0.2) is 96.7 Å². The fourth-order valence-electron chi connectivity index (χ4n) is 10.4. The van der Waals surface area contributed by atoms with Crippen molar-refractivity contribution in [1.29, 1.82) is 0 Å². The van der Waals surface area contributed by atoms with E-state index < -0.39 is 97.5 Å². The van der Waals surface area contributed by atoms with Crippen molar-refractivity contribution in [2.75, 3.05) is 39.6 Å². The van der Waals surface area contributed by atoms with Crippen LogP contribution in [-0.2, 0) is 65.4 Å². The van der Waals surface area contributed by atoms with Crippen LogP contribution in [0.3, 0.4) is 0 Å². The van der Waals surface area contributed by atoms with Crippen molar-refractivity contribution in [1.82, 2.24) is 0 Å². The number of aliphatic hydroxyl groups excluding tert-OH is 1. The molecule has 0 saturated carbocycles. The van der Waals surface area contributed by atoms with E-state index in [2.05, 4.69) is 41.5 Å². The highest BCUT2D eigenvalue weighted by atomic mass is 31.2. The zero-order chi connectivity index (χ0) is 65.0. The lowest BCUT2D eigenvalue weighted by Gasteiger charge is -2.21. The van der Waals surface area contributed by atoms with Gasteiger partial charge in [0.1, 0.15) is 19.3 Å². The van der Waals surface area contributed by atoms with Crippen molar-refractivity contribution in [3.05, 3.63) is 0 Å². The molecule has 0 fully saturated rings. The van der Waals surface area contributed by atoms with Gasteiger partial charge in [0.15, 0.2) is 12.2 Å². The molecule has 0 radical (unpaired) electrons. The Hall–Kier alpha value is -1.94. The lowest BCUT2D eigenvalue weighted by Crippen LogP contribution is -2.30. The molecule has 0 aromatic rings. The molecule has 88 heavy (non-hydrogen) atoms. The largest absolute Gasteiger partial charge is 0.472 e. The van der Waals surface area contributed by atoms with Gasteiger partial charge in [-0.05, 0) is 37.5 Å². The average Bonchev–Trinajstić information content (AvgIpc) is 3.70. The van der Waals surface area contributed by atoms with Crippen LogP contribution in [0, 0.1) is 11.8 Å². The van der Waals surface area contributed by atoms with Gasteiger partial charge in [-0.25, -0.2) is 9.13 Å². The zero-order valence-corrected chi connectivity index (χ0v) is 58.8. The standard InChI is InChI=1S/C69H134O17P2/c1-7-9-11-13-15-17-18-23-29-35-41-47-53-68(73)85-64(57-79-66(71)51-45-39-33-16-14-12-10-8-2)59-83-87(75,76)81-55-63(70)56-82-88(77,78)84-60-65(86-69(74)54-48-42-36-30-25-20-22-27-32-38-44-50-62(5)6)58-80-67(72)52-46-40-34-28-24-19-21-26-31-37-43-49-61(3)4/h61-65,70H,7-60H2,1-6H3,(H,75,76)(H,77,78)/t63-,64+,65+/m0/s1. The molecule has 0 spiro atoms. The van der Waals surface area contributed by atoms with Gasteiger partial charge >= 0.3 is 39.5 Å². The number of unbranched alkanes of at least 4 members (excludes halogenated alkanes) is 38. The molecule has 2 unspecified atom stereocenters. The molecular formula is C69H134O17P2. The van der Waals surface area contributed by atoms with Crippen LogP contribution in [0.5, 0.6) is 0 Å². The summed E-state index contributed by atoms with van der Waals surface area (Å²) in [5.41, 5.74) is 0. The molecule has 0 heterocycles. The molecule has 0 aliphatic rings. The summed E-state index contributed by atoms with van der Waals surface area (Å²) in [6, 6.07) is 0. The summed E-state index contributed by atoms with van der Waals surface area (Å²) in [4.78, 5) is 72.4. The van der Waals surface area contributed by atoms with E-state index in [1.807, 2.05) is 0 Å². The molecule has 0 bridgehead atoms. The Balaban J connectivity index is 5.23. The van der Waals surface area contributed by atoms with Gasteiger partial charge in [0.25, 0.3) is 0 Å². The third kappa shape index (κ3) is 62.8. The molecule has 5 atom stereocenters. The van der Waals surface area contributed by atoms with Gasteiger partial charge in [-0.3, -0.25) is 37.3 Å². The average molecular weight is 1300 g/mol. The highest BCUT2D eigenvalue weighted by Crippen LogP contribution is 2.45. The van der Waals surface area contributed by atoms with Gasteiger partial charge in [0.2, 0.25) is 0 Å².